The molecule has 0 unspecified atom stereocenters. The van der Waals surface area contributed by atoms with Crippen molar-refractivity contribution in [3.05, 3.63) is 30.2 Å². The van der Waals surface area contributed by atoms with Crippen LogP contribution in [-0.2, 0) is 0 Å². The highest BCUT2D eigenvalue weighted by molar-refractivity contribution is 5.94. The number of aromatic nitrogens is 2. The summed E-state index contributed by atoms with van der Waals surface area (Å²) in [5.41, 5.74) is 1.39. The summed E-state index contributed by atoms with van der Waals surface area (Å²) in [5.74, 6) is 0.910. The highest BCUT2D eigenvalue weighted by Crippen LogP contribution is 2.16. The van der Waals surface area contributed by atoms with E-state index in [1.165, 1.54) is 25.9 Å². The molecule has 5 heteroatoms. The van der Waals surface area contributed by atoms with E-state index in [1.54, 1.807) is 6.20 Å². The van der Waals surface area contributed by atoms with Gasteiger partial charge in [-0.25, -0.2) is 4.98 Å². The molecule has 3 rings (SSSR count). The zero-order chi connectivity index (χ0) is 14.7. The number of Topliss-reactive ketones (excluding diaryl/α,β-unsaturated/α-hetero) is 1. The SMILES string of the molecule is CCC(=O)c1cnc2cc(OCCN3CCCC3)ccn12. The minimum atomic E-state index is 0.102. The van der Waals surface area contributed by atoms with Crippen LogP contribution in [0.15, 0.2) is 24.5 Å². The van der Waals surface area contributed by atoms with Crippen LogP contribution >= 0.6 is 0 Å². The van der Waals surface area contributed by atoms with E-state index in [-0.39, 0.29) is 5.78 Å². The first-order chi connectivity index (χ1) is 10.3. The van der Waals surface area contributed by atoms with Crippen molar-refractivity contribution in [2.75, 3.05) is 26.2 Å². The first kappa shape index (κ1) is 14.1. The summed E-state index contributed by atoms with van der Waals surface area (Å²) in [7, 11) is 0. The van der Waals surface area contributed by atoms with Gasteiger partial charge < -0.3 is 4.74 Å². The molecule has 0 aliphatic carbocycles. The minimum Gasteiger partial charge on any atom is -0.492 e. The van der Waals surface area contributed by atoms with Crippen molar-refractivity contribution < 1.29 is 9.53 Å². The quantitative estimate of drug-likeness (QED) is 0.765. The van der Waals surface area contributed by atoms with Crippen molar-refractivity contribution in [2.24, 2.45) is 0 Å². The van der Waals surface area contributed by atoms with Crippen molar-refractivity contribution in [3.8, 4) is 5.75 Å². The smallest absolute Gasteiger partial charge is 0.180 e. The van der Waals surface area contributed by atoms with Gasteiger partial charge in [0, 0.05) is 25.2 Å². The molecule has 0 amide bonds. The third-order valence-corrected chi connectivity index (χ3v) is 3.97. The molecule has 112 valence electrons. The Balaban J connectivity index is 1.65. The molecule has 0 bridgehead atoms. The van der Waals surface area contributed by atoms with Gasteiger partial charge in [0.05, 0.1) is 6.20 Å². The Morgan fingerprint density at radius 1 is 1.38 bits per heavy atom. The summed E-state index contributed by atoms with van der Waals surface area (Å²) in [6.45, 7) is 5.89. The number of ether oxygens (including phenoxy) is 1. The fraction of sp³-hybridized carbons (Fsp3) is 0.500. The lowest BCUT2D eigenvalue weighted by atomic mass is 10.2. The second-order valence-electron chi connectivity index (χ2n) is 5.41. The standard InChI is InChI=1S/C16H21N3O2/c1-2-15(20)14-12-17-16-11-13(5-8-19(14)16)21-10-9-18-6-3-4-7-18/h5,8,11-12H,2-4,6-7,9-10H2,1H3. The van der Waals surface area contributed by atoms with Gasteiger partial charge in [-0.05, 0) is 32.0 Å². The monoisotopic (exact) mass is 287 g/mol. The third-order valence-electron chi connectivity index (χ3n) is 3.97. The Hall–Kier alpha value is -1.88. The van der Waals surface area contributed by atoms with Crippen LogP contribution in [0.1, 0.15) is 36.7 Å². The Bertz CT molecular complexity index is 629. The molecule has 1 saturated heterocycles. The molecule has 21 heavy (non-hydrogen) atoms. The van der Waals surface area contributed by atoms with Crippen molar-refractivity contribution in [1.29, 1.82) is 0 Å². The van der Waals surface area contributed by atoms with E-state index in [0.717, 1.165) is 17.9 Å². The van der Waals surface area contributed by atoms with Crippen LogP contribution in [0.25, 0.3) is 5.65 Å². The lowest BCUT2D eigenvalue weighted by molar-refractivity contribution is 0.0982. The van der Waals surface area contributed by atoms with Gasteiger partial charge in [-0.1, -0.05) is 6.92 Å². The topological polar surface area (TPSA) is 46.8 Å². The predicted octanol–water partition coefficient (Wildman–Crippen LogP) is 2.40. The van der Waals surface area contributed by atoms with Gasteiger partial charge >= 0.3 is 0 Å². The summed E-state index contributed by atoms with van der Waals surface area (Å²) in [5, 5.41) is 0. The van der Waals surface area contributed by atoms with Crippen molar-refractivity contribution in [2.45, 2.75) is 26.2 Å². The molecule has 0 aromatic carbocycles. The average Bonchev–Trinajstić information content (AvgIpc) is 3.15. The fourth-order valence-electron chi connectivity index (χ4n) is 2.74. The lowest BCUT2D eigenvalue weighted by Gasteiger charge is -2.14. The number of likely N-dealkylation sites (tertiary alicyclic amines) is 1. The summed E-state index contributed by atoms with van der Waals surface area (Å²) in [4.78, 5) is 18.5. The van der Waals surface area contributed by atoms with Gasteiger partial charge in [0.15, 0.2) is 5.78 Å². The third kappa shape index (κ3) is 3.08. The molecule has 0 saturated carbocycles. The average molecular weight is 287 g/mol. The number of hydrogen-bond donors (Lipinski definition) is 0. The van der Waals surface area contributed by atoms with E-state index in [1.807, 2.05) is 29.7 Å². The summed E-state index contributed by atoms with van der Waals surface area (Å²) >= 11 is 0. The molecule has 0 atom stereocenters. The van der Waals surface area contributed by atoms with Crippen LogP contribution in [0.4, 0.5) is 0 Å². The number of imidazole rings is 1. The van der Waals surface area contributed by atoms with E-state index in [2.05, 4.69) is 9.88 Å². The van der Waals surface area contributed by atoms with Gasteiger partial charge in [-0.15, -0.1) is 0 Å². The van der Waals surface area contributed by atoms with Crippen molar-refractivity contribution in [3.63, 3.8) is 0 Å². The molecule has 1 aliphatic heterocycles. The van der Waals surface area contributed by atoms with Crippen LogP contribution < -0.4 is 4.74 Å². The molecule has 2 aromatic rings. The number of rotatable bonds is 6. The number of ketones is 1. The number of carbonyl (C=O) groups is 1. The number of nitrogens with zero attached hydrogens (tertiary/aromatic N) is 3. The predicted molar refractivity (Wildman–Crippen MR) is 81.0 cm³/mol. The molecular formula is C16H21N3O2. The maximum Gasteiger partial charge on any atom is 0.180 e. The summed E-state index contributed by atoms with van der Waals surface area (Å²) in [6, 6.07) is 3.78. The first-order valence-electron chi connectivity index (χ1n) is 7.63. The minimum absolute atomic E-state index is 0.102. The molecule has 1 fully saturated rings. The van der Waals surface area contributed by atoms with E-state index >= 15 is 0 Å². The largest absolute Gasteiger partial charge is 0.492 e. The van der Waals surface area contributed by atoms with Gasteiger partial charge in [-0.3, -0.25) is 14.1 Å². The lowest BCUT2D eigenvalue weighted by Crippen LogP contribution is -2.25. The Labute approximate surface area is 124 Å². The molecule has 2 aromatic heterocycles. The van der Waals surface area contributed by atoms with Crippen LogP contribution in [0, 0.1) is 0 Å². The highest BCUT2D eigenvalue weighted by Gasteiger charge is 2.12. The van der Waals surface area contributed by atoms with Crippen molar-refractivity contribution >= 4 is 11.4 Å². The summed E-state index contributed by atoms with van der Waals surface area (Å²) in [6.07, 6.45) is 6.58. The maximum absolute atomic E-state index is 11.8. The van der Waals surface area contributed by atoms with E-state index in [9.17, 15) is 4.79 Å². The zero-order valence-electron chi connectivity index (χ0n) is 12.4. The van der Waals surface area contributed by atoms with Gasteiger partial charge in [-0.2, -0.15) is 0 Å². The van der Waals surface area contributed by atoms with E-state index in [0.29, 0.717) is 18.7 Å². The highest BCUT2D eigenvalue weighted by atomic mass is 16.5. The number of fused-ring (bicyclic) bond motifs is 1. The Kier molecular flexibility index (Phi) is 4.20. The number of pyridine rings is 1. The summed E-state index contributed by atoms with van der Waals surface area (Å²) < 4.78 is 7.61. The Morgan fingerprint density at radius 3 is 2.95 bits per heavy atom. The van der Waals surface area contributed by atoms with Crippen LogP contribution in [0.5, 0.6) is 5.75 Å². The fourth-order valence-corrected chi connectivity index (χ4v) is 2.74. The van der Waals surface area contributed by atoms with Crippen LogP contribution in [0.3, 0.4) is 0 Å². The maximum atomic E-state index is 11.8. The Morgan fingerprint density at radius 2 is 2.19 bits per heavy atom. The van der Waals surface area contributed by atoms with E-state index in [4.69, 9.17) is 4.74 Å². The molecule has 0 N–H and O–H groups in total. The first-order valence-corrected chi connectivity index (χ1v) is 7.63. The molecule has 0 radical (unpaired) electrons. The normalized spacial score (nSPS) is 15.7. The molecule has 3 heterocycles. The molecular weight excluding hydrogens is 266 g/mol. The van der Waals surface area contributed by atoms with Crippen LogP contribution in [0.2, 0.25) is 0 Å². The van der Waals surface area contributed by atoms with Gasteiger partial charge in [0.1, 0.15) is 23.7 Å². The second-order valence-corrected chi connectivity index (χ2v) is 5.41. The molecule has 1 aliphatic rings. The van der Waals surface area contributed by atoms with Crippen molar-refractivity contribution in [1.82, 2.24) is 14.3 Å². The van der Waals surface area contributed by atoms with Gasteiger partial charge in [0.2, 0.25) is 0 Å². The number of hydrogen-bond acceptors (Lipinski definition) is 4. The van der Waals surface area contributed by atoms with Gasteiger partial charge in [0.25, 0.3) is 0 Å². The second kappa shape index (κ2) is 6.26. The van der Waals surface area contributed by atoms with E-state index < -0.39 is 0 Å². The molecule has 5 nitrogen and oxygen atoms in total. The zero-order valence-corrected chi connectivity index (χ0v) is 12.4. The number of carbonyl (C=O) groups excluding carboxylic acids is 1. The molecule has 0 spiro atoms. The van der Waals surface area contributed by atoms with Crippen LogP contribution in [-0.4, -0.2) is 46.3 Å².